The summed E-state index contributed by atoms with van der Waals surface area (Å²) in [6.07, 6.45) is 6.02. The van der Waals surface area contributed by atoms with Crippen LogP contribution in [0.25, 0.3) is 0 Å². The van der Waals surface area contributed by atoms with Crippen molar-refractivity contribution < 1.29 is 4.79 Å². The van der Waals surface area contributed by atoms with E-state index in [0.717, 1.165) is 19.3 Å². The van der Waals surface area contributed by atoms with Crippen LogP contribution in [-0.4, -0.2) is 17.5 Å². The fraction of sp³-hybridized carbons (Fsp3) is 0.923. The minimum atomic E-state index is -0.411. The summed E-state index contributed by atoms with van der Waals surface area (Å²) in [7, 11) is 0. The van der Waals surface area contributed by atoms with Crippen molar-refractivity contribution in [3.8, 4) is 0 Å². The molecule has 16 heavy (non-hydrogen) atoms. The molecule has 0 aromatic rings. The van der Waals surface area contributed by atoms with Crippen molar-refractivity contribution >= 4 is 5.91 Å². The Morgan fingerprint density at radius 3 is 2.31 bits per heavy atom. The lowest BCUT2D eigenvalue weighted by molar-refractivity contribution is -0.122. The molecule has 0 aliphatic carbocycles. The van der Waals surface area contributed by atoms with Gasteiger partial charge in [-0.25, -0.2) is 0 Å². The van der Waals surface area contributed by atoms with Crippen LogP contribution in [-0.2, 0) is 4.79 Å². The number of rotatable bonds is 8. The second-order valence-electron chi connectivity index (χ2n) is 5.36. The zero-order valence-electron chi connectivity index (χ0n) is 11.3. The molecule has 0 heterocycles. The van der Waals surface area contributed by atoms with E-state index in [2.05, 4.69) is 19.2 Å². The number of carbonyl (C=O) groups excluding carboxylic acids is 1. The van der Waals surface area contributed by atoms with Crippen LogP contribution in [0.4, 0.5) is 0 Å². The molecule has 0 aliphatic rings. The predicted molar refractivity (Wildman–Crippen MR) is 69.2 cm³/mol. The van der Waals surface area contributed by atoms with Gasteiger partial charge in [-0.05, 0) is 26.7 Å². The Hall–Kier alpha value is -0.570. The molecule has 1 unspecified atom stereocenters. The van der Waals surface area contributed by atoms with Gasteiger partial charge >= 0.3 is 0 Å². The number of amides is 1. The quantitative estimate of drug-likeness (QED) is 0.671. The fourth-order valence-corrected chi connectivity index (χ4v) is 1.78. The van der Waals surface area contributed by atoms with E-state index in [0.29, 0.717) is 12.5 Å². The highest BCUT2D eigenvalue weighted by Crippen LogP contribution is 2.09. The third-order valence-corrected chi connectivity index (χ3v) is 2.52. The van der Waals surface area contributed by atoms with E-state index in [1.807, 2.05) is 13.8 Å². The first kappa shape index (κ1) is 15.4. The van der Waals surface area contributed by atoms with E-state index < -0.39 is 5.54 Å². The van der Waals surface area contributed by atoms with Gasteiger partial charge in [-0.3, -0.25) is 4.79 Å². The average Bonchev–Trinajstić information content (AvgIpc) is 2.11. The monoisotopic (exact) mass is 228 g/mol. The molecule has 1 amide bonds. The lowest BCUT2D eigenvalue weighted by Crippen LogP contribution is -2.42. The van der Waals surface area contributed by atoms with Crippen molar-refractivity contribution in [3.63, 3.8) is 0 Å². The molecule has 0 radical (unpaired) electrons. The summed E-state index contributed by atoms with van der Waals surface area (Å²) < 4.78 is 0. The molecule has 1 atom stereocenters. The van der Waals surface area contributed by atoms with Gasteiger partial charge in [0, 0.05) is 18.0 Å². The molecular weight excluding hydrogens is 200 g/mol. The van der Waals surface area contributed by atoms with Gasteiger partial charge in [-0.2, -0.15) is 0 Å². The lowest BCUT2D eigenvalue weighted by atomic mass is 10.0. The molecule has 0 saturated heterocycles. The highest BCUT2D eigenvalue weighted by molar-refractivity contribution is 5.77. The summed E-state index contributed by atoms with van der Waals surface area (Å²) in [5.74, 6) is 0.0852. The fourth-order valence-electron chi connectivity index (χ4n) is 1.78. The summed E-state index contributed by atoms with van der Waals surface area (Å²) in [6.45, 7) is 8.09. The van der Waals surface area contributed by atoms with E-state index >= 15 is 0 Å². The van der Waals surface area contributed by atoms with Crippen LogP contribution >= 0.6 is 0 Å². The van der Waals surface area contributed by atoms with E-state index in [9.17, 15) is 4.79 Å². The molecule has 0 rings (SSSR count). The van der Waals surface area contributed by atoms with Gasteiger partial charge in [0.2, 0.25) is 5.91 Å². The molecule has 3 heteroatoms. The molecular formula is C13H28N2O. The van der Waals surface area contributed by atoms with Crippen LogP contribution in [0.5, 0.6) is 0 Å². The van der Waals surface area contributed by atoms with E-state index in [1.165, 1.54) is 12.8 Å². The minimum absolute atomic E-state index is 0.0852. The first-order valence-corrected chi connectivity index (χ1v) is 6.47. The maximum atomic E-state index is 11.7. The van der Waals surface area contributed by atoms with Crippen LogP contribution in [0.1, 0.15) is 66.2 Å². The van der Waals surface area contributed by atoms with Gasteiger partial charge in [0.25, 0.3) is 0 Å². The Balaban J connectivity index is 4.02. The first-order valence-electron chi connectivity index (χ1n) is 6.47. The maximum absolute atomic E-state index is 11.7. The highest BCUT2D eigenvalue weighted by Gasteiger charge is 2.18. The van der Waals surface area contributed by atoms with E-state index in [-0.39, 0.29) is 5.91 Å². The van der Waals surface area contributed by atoms with Crippen molar-refractivity contribution in [2.45, 2.75) is 77.8 Å². The van der Waals surface area contributed by atoms with Crippen LogP contribution in [0.2, 0.25) is 0 Å². The van der Waals surface area contributed by atoms with Crippen LogP contribution in [0.3, 0.4) is 0 Å². The Kier molecular flexibility index (Phi) is 7.39. The largest absolute Gasteiger partial charge is 0.353 e. The molecule has 0 aromatic heterocycles. The standard InChI is InChI=1S/C13H28N2O/c1-5-7-9-11(8-6-2)15-12(16)10-13(3,4)14/h11H,5-10,14H2,1-4H3,(H,15,16). The van der Waals surface area contributed by atoms with Crippen molar-refractivity contribution in [1.82, 2.24) is 5.32 Å². The maximum Gasteiger partial charge on any atom is 0.222 e. The number of hydrogen-bond donors (Lipinski definition) is 2. The van der Waals surface area contributed by atoms with Crippen molar-refractivity contribution in [2.75, 3.05) is 0 Å². The van der Waals surface area contributed by atoms with Gasteiger partial charge in [0.1, 0.15) is 0 Å². The Morgan fingerprint density at radius 2 is 1.88 bits per heavy atom. The van der Waals surface area contributed by atoms with Gasteiger partial charge in [0.15, 0.2) is 0 Å². The van der Waals surface area contributed by atoms with Gasteiger partial charge in [-0.15, -0.1) is 0 Å². The normalized spacial score (nSPS) is 13.6. The van der Waals surface area contributed by atoms with E-state index in [1.54, 1.807) is 0 Å². The second-order valence-corrected chi connectivity index (χ2v) is 5.36. The third-order valence-electron chi connectivity index (χ3n) is 2.52. The average molecular weight is 228 g/mol. The molecule has 0 bridgehead atoms. The molecule has 0 aliphatic heterocycles. The highest BCUT2D eigenvalue weighted by atomic mass is 16.1. The Labute approximate surface area is 100 Å². The summed E-state index contributed by atoms with van der Waals surface area (Å²) in [5, 5.41) is 3.09. The Bertz CT molecular complexity index is 197. The zero-order valence-corrected chi connectivity index (χ0v) is 11.3. The molecule has 0 spiro atoms. The van der Waals surface area contributed by atoms with E-state index in [4.69, 9.17) is 5.73 Å². The first-order chi connectivity index (χ1) is 7.39. The minimum Gasteiger partial charge on any atom is -0.353 e. The topological polar surface area (TPSA) is 55.1 Å². The van der Waals surface area contributed by atoms with Gasteiger partial charge < -0.3 is 11.1 Å². The van der Waals surface area contributed by atoms with Crippen LogP contribution < -0.4 is 11.1 Å². The zero-order chi connectivity index (χ0) is 12.6. The number of nitrogens with one attached hydrogen (secondary N) is 1. The van der Waals surface area contributed by atoms with Crippen molar-refractivity contribution in [2.24, 2.45) is 5.73 Å². The molecule has 0 aromatic carbocycles. The van der Waals surface area contributed by atoms with Crippen LogP contribution in [0, 0.1) is 0 Å². The number of hydrogen-bond acceptors (Lipinski definition) is 2. The Morgan fingerprint density at radius 1 is 1.25 bits per heavy atom. The van der Waals surface area contributed by atoms with Gasteiger partial charge in [0.05, 0.1) is 0 Å². The molecule has 96 valence electrons. The van der Waals surface area contributed by atoms with Crippen molar-refractivity contribution in [1.29, 1.82) is 0 Å². The lowest BCUT2D eigenvalue weighted by Gasteiger charge is -2.22. The molecule has 0 saturated carbocycles. The second kappa shape index (κ2) is 7.66. The third kappa shape index (κ3) is 8.72. The summed E-state index contributed by atoms with van der Waals surface area (Å²) in [5.41, 5.74) is 5.41. The molecule has 3 N–H and O–H groups in total. The summed E-state index contributed by atoms with van der Waals surface area (Å²) in [6, 6.07) is 0.333. The van der Waals surface area contributed by atoms with Crippen LogP contribution in [0.15, 0.2) is 0 Å². The predicted octanol–water partition coefficient (Wildman–Crippen LogP) is 2.59. The summed E-state index contributed by atoms with van der Waals surface area (Å²) in [4.78, 5) is 11.7. The SMILES string of the molecule is CCCCC(CCC)NC(=O)CC(C)(C)N. The molecule has 0 fully saturated rings. The van der Waals surface area contributed by atoms with Crippen molar-refractivity contribution in [3.05, 3.63) is 0 Å². The number of unbranched alkanes of at least 4 members (excludes halogenated alkanes) is 1. The molecule has 3 nitrogen and oxygen atoms in total. The van der Waals surface area contributed by atoms with Gasteiger partial charge in [-0.1, -0.05) is 33.1 Å². The number of nitrogens with two attached hydrogens (primary N) is 1. The number of carbonyl (C=O) groups is 1. The smallest absolute Gasteiger partial charge is 0.222 e. The summed E-state index contributed by atoms with van der Waals surface area (Å²) >= 11 is 0.